The lowest BCUT2D eigenvalue weighted by Crippen LogP contribution is -2.43. The summed E-state index contributed by atoms with van der Waals surface area (Å²) in [6.07, 6.45) is 8.75. The molecule has 7 heteroatoms. The van der Waals surface area contributed by atoms with E-state index in [4.69, 9.17) is 0 Å². The van der Waals surface area contributed by atoms with Gasteiger partial charge >= 0.3 is 0 Å². The molecule has 0 bridgehead atoms. The molecule has 31 heavy (non-hydrogen) atoms. The number of hydrogen-bond donors (Lipinski definition) is 1. The van der Waals surface area contributed by atoms with Gasteiger partial charge < -0.3 is 5.32 Å². The Morgan fingerprint density at radius 2 is 1.90 bits per heavy atom. The molecule has 1 aliphatic heterocycles. The molecule has 0 amide bonds. The number of fused-ring (bicyclic) bond motifs is 1. The summed E-state index contributed by atoms with van der Waals surface area (Å²) in [6, 6.07) is 10.7. The van der Waals surface area contributed by atoms with Crippen molar-refractivity contribution in [1.82, 2.24) is 14.3 Å². The molecule has 1 fully saturated rings. The van der Waals surface area contributed by atoms with E-state index in [1.165, 1.54) is 0 Å². The molecule has 2 aromatic heterocycles. The topological polar surface area (TPSA) is 75.2 Å². The highest BCUT2D eigenvalue weighted by Crippen LogP contribution is 2.32. The highest BCUT2D eigenvalue weighted by molar-refractivity contribution is 7.89. The van der Waals surface area contributed by atoms with Crippen LogP contribution in [0.2, 0.25) is 0 Å². The third-order valence-electron chi connectivity index (χ3n) is 5.95. The number of aromatic nitrogens is 2. The quantitative estimate of drug-likeness (QED) is 0.583. The van der Waals surface area contributed by atoms with Gasteiger partial charge in [0, 0.05) is 54.5 Å². The molecule has 0 radical (unpaired) electrons. The summed E-state index contributed by atoms with van der Waals surface area (Å²) in [5.41, 5.74) is 4.29. The molecule has 1 saturated heterocycles. The Bertz CT molecular complexity index is 1160. The van der Waals surface area contributed by atoms with Gasteiger partial charge in [0.25, 0.3) is 0 Å². The molecule has 164 valence electrons. The van der Waals surface area contributed by atoms with Crippen LogP contribution >= 0.6 is 0 Å². The lowest BCUT2D eigenvalue weighted by atomic mass is 9.99. The molecule has 6 nitrogen and oxygen atoms in total. The first-order valence-electron chi connectivity index (χ1n) is 11.0. The van der Waals surface area contributed by atoms with Crippen LogP contribution in [0.4, 0.5) is 5.69 Å². The van der Waals surface area contributed by atoms with E-state index in [9.17, 15) is 8.42 Å². The molecular formula is C24H30N4O2S. The monoisotopic (exact) mass is 438 g/mol. The smallest absolute Gasteiger partial charge is 0.214 e. The third kappa shape index (κ3) is 5.05. The molecule has 1 aliphatic rings. The van der Waals surface area contributed by atoms with Crippen LogP contribution in [0.1, 0.15) is 38.3 Å². The standard InChI is InChI=1S/C24H30N4O2S/c1-3-4-13-31(29,30)28-11-7-22(8-12-28)27-24-16-21(19-6-10-26-18(2)14-19)15-20-5-9-25-17-23(20)24/h5-6,9-10,14-17,22,27H,3-4,7-8,11-13H2,1-2H3. The van der Waals surface area contributed by atoms with Crippen molar-refractivity contribution in [3.63, 3.8) is 0 Å². The summed E-state index contributed by atoms with van der Waals surface area (Å²) >= 11 is 0. The third-order valence-corrected chi connectivity index (χ3v) is 7.91. The maximum Gasteiger partial charge on any atom is 0.214 e. The van der Waals surface area contributed by atoms with Gasteiger partial charge in [0.1, 0.15) is 0 Å². The number of aryl methyl sites for hydroxylation is 1. The van der Waals surface area contributed by atoms with Crippen molar-refractivity contribution in [2.45, 2.75) is 45.6 Å². The molecule has 3 aromatic rings. The summed E-state index contributed by atoms with van der Waals surface area (Å²) in [4.78, 5) is 8.63. The van der Waals surface area contributed by atoms with E-state index in [1.54, 1.807) is 4.31 Å². The van der Waals surface area contributed by atoms with E-state index in [2.05, 4.69) is 33.5 Å². The number of nitrogens with zero attached hydrogens (tertiary/aromatic N) is 3. The van der Waals surface area contributed by atoms with Crippen LogP contribution in [0.15, 0.2) is 48.9 Å². The maximum atomic E-state index is 12.5. The average molecular weight is 439 g/mol. The summed E-state index contributed by atoms with van der Waals surface area (Å²) < 4.78 is 26.7. The van der Waals surface area contributed by atoms with E-state index in [-0.39, 0.29) is 11.8 Å². The number of benzene rings is 1. The Labute approximate surface area is 184 Å². The van der Waals surface area contributed by atoms with E-state index in [0.717, 1.165) is 59.0 Å². The predicted octanol–water partition coefficient (Wildman–Crippen LogP) is 4.61. The summed E-state index contributed by atoms with van der Waals surface area (Å²) in [5.74, 6) is 0.255. The molecule has 1 aromatic carbocycles. The normalized spacial score (nSPS) is 15.9. The summed E-state index contributed by atoms with van der Waals surface area (Å²) in [7, 11) is -3.13. The number of rotatable bonds is 7. The Morgan fingerprint density at radius 1 is 1.10 bits per heavy atom. The Morgan fingerprint density at radius 3 is 2.65 bits per heavy atom. The number of nitrogens with one attached hydrogen (secondary N) is 1. The minimum atomic E-state index is -3.13. The number of anilines is 1. The van der Waals surface area contributed by atoms with Gasteiger partial charge in [-0.25, -0.2) is 12.7 Å². The van der Waals surface area contributed by atoms with Crippen molar-refractivity contribution in [1.29, 1.82) is 0 Å². The first-order valence-corrected chi connectivity index (χ1v) is 12.6. The Balaban J connectivity index is 1.55. The van der Waals surface area contributed by atoms with Crippen molar-refractivity contribution < 1.29 is 8.42 Å². The van der Waals surface area contributed by atoms with Crippen LogP contribution in [-0.2, 0) is 10.0 Å². The number of unbranched alkanes of at least 4 members (excludes halogenated alkanes) is 1. The highest BCUT2D eigenvalue weighted by atomic mass is 32.2. The molecule has 0 aliphatic carbocycles. The van der Waals surface area contributed by atoms with Gasteiger partial charge in [-0.2, -0.15) is 0 Å². The zero-order chi connectivity index (χ0) is 21.8. The van der Waals surface area contributed by atoms with Gasteiger partial charge in [0.15, 0.2) is 0 Å². The highest BCUT2D eigenvalue weighted by Gasteiger charge is 2.27. The number of piperidine rings is 1. The van der Waals surface area contributed by atoms with E-state index in [0.29, 0.717) is 13.1 Å². The van der Waals surface area contributed by atoms with Crippen LogP contribution in [0.5, 0.6) is 0 Å². The minimum absolute atomic E-state index is 0.232. The fraction of sp³-hybridized carbons (Fsp3) is 0.417. The number of pyridine rings is 2. The molecule has 3 heterocycles. The lowest BCUT2D eigenvalue weighted by Gasteiger charge is -2.32. The molecule has 4 rings (SSSR count). The fourth-order valence-corrected chi connectivity index (χ4v) is 5.84. The zero-order valence-electron chi connectivity index (χ0n) is 18.2. The van der Waals surface area contributed by atoms with E-state index in [1.807, 2.05) is 44.6 Å². The number of sulfonamides is 1. The van der Waals surface area contributed by atoms with Gasteiger partial charge in [-0.1, -0.05) is 13.3 Å². The van der Waals surface area contributed by atoms with Crippen LogP contribution in [-0.4, -0.2) is 47.6 Å². The SMILES string of the molecule is CCCCS(=O)(=O)N1CCC(Nc2cc(-c3ccnc(C)c3)cc3ccncc23)CC1. The van der Waals surface area contributed by atoms with Crippen LogP contribution in [0.25, 0.3) is 21.9 Å². The first kappa shape index (κ1) is 21.7. The predicted molar refractivity (Wildman–Crippen MR) is 127 cm³/mol. The van der Waals surface area contributed by atoms with E-state index >= 15 is 0 Å². The second-order valence-corrected chi connectivity index (χ2v) is 10.4. The van der Waals surface area contributed by atoms with Gasteiger partial charge in [-0.15, -0.1) is 0 Å². The first-order chi connectivity index (χ1) is 15.0. The average Bonchev–Trinajstić information content (AvgIpc) is 2.78. The lowest BCUT2D eigenvalue weighted by molar-refractivity contribution is 0.329. The van der Waals surface area contributed by atoms with Crippen molar-refractivity contribution in [2.75, 3.05) is 24.2 Å². The van der Waals surface area contributed by atoms with Gasteiger partial charge in [-0.3, -0.25) is 9.97 Å². The number of hydrogen-bond acceptors (Lipinski definition) is 5. The van der Waals surface area contributed by atoms with Gasteiger partial charge in [-0.05, 0) is 73.0 Å². The van der Waals surface area contributed by atoms with E-state index < -0.39 is 10.0 Å². The minimum Gasteiger partial charge on any atom is -0.382 e. The van der Waals surface area contributed by atoms with Gasteiger partial charge in [0.05, 0.1) is 5.75 Å². The molecule has 1 N–H and O–H groups in total. The molecule has 0 atom stereocenters. The van der Waals surface area contributed by atoms with Crippen LogP contribution < -0.4 is 5.32 Å². The maximum absolute atomic E-state index is 12.5. The van der Waals surface area contributed by atoms with Crippen molar-refractivity contribution in [3.05, 3.63) is 54.6 Å². The molecule has 0 saturated carbocycles. The second-order valence-electron chi connectivity index (χ2n) is 8.29. The fourth-order valence-electron chi connectivity index (χ4n) is 4.16. The Hall–Kier alpha value is -2.51. The molecule has 0 spiro atoms. The summed E-state index contributed by atoms with van der Waals surface area (Å²) in [6.45, 7) is 5.16. The van der Waals surface area contributed by atoms with Gasteiger partial charge in [0.2, 0.25) is 10.0 Å². The van der Waals surface area contributed by atoms with Crippen molar-refractivity contribution in [3.8, 4) is 11.1 Å². The molecule has 0 unspecified atom stereocenters. The van der Waals surface area contributed by atoms with Crippen molar-refractivity contribution in [2.24, 2.45) is 0 Å². The zero-order valence-corrected chi connectivity index (χ0v) is 19.0. The Kier molecular flexibility index (Phi) is 6.53. The second kappa shape index (κ2) is 9.32. The summed E-state index contributed by atoms with van der Waals surface area (Å²) in [5, 5.41) is 5.89. The largest absolute Gasteiger partial charge is 0.382 e. The molecular weight excluding hydrogens is 408 g/mol. The van der Waals surface area contributed by atoms with Crippen molar-refractivity contribution >= 4 is 26.5 Å². The van der Waals surface area contributed by atoms with Crippen LogP contribution in [0, 0.1) is 6.92 Å². The van der Waals surface area contributed by atoms with Crippen LogP contribution in [0.3, 0.4) is 0 Å².